The van der Waals surface area contributed by atoms with Crippen molar-refractivity contribution in [3.8, 4) is 0 Å². The average molecular weight is 901 g/mol. The second-order valence-corrected chi connectivity index (χ2v) is 20.3. The van der Waals surface area contributed by atoms with Gasteiger partial charge in [0, 0.05) is 72.7 Å². The average Bonchev–Trinajstić information content (AvgIpc) is 4.29. The van der Waals surface area contributed by atoms with Crippen LogP contribution in [0, 0.1) is 0 Å². The summed E-state index contributed by atoms with van der Waals surface area (Å²) in [6.07, 6.45) is 12.5. The summed E-state index contributed by atoms with van der Waals surface area (Å²) in [6, 6.07) is 23.0. The molecule has 330 valence electrons. The first-order chi connectivity index (χ1) is 33.7. The van der Waals surface area contributed by atoms with E-state index in [-0.39, 0.29) is 90.6 Å². The minimum atomic E-state index is -0.295. The Bertz CT molecular complexity index is 3130. The molecular weight excluding hydrogens is 865 g/mol. The van der Waals surface area contributed by atoms with Gasteiger partial charge in [0.05, 0.1) is 53.0 Å². The van der Waals surface area contributed by atoms with E-state index in [0.29, 0.717) is 33.4 Å². The predicted octanol–water partition coefficient (Wildman–Crippen LogP) is 8.20. The van der Waals surface area contributed by atoms with Gasteiger partial charge in [-0.25, -0.2) is 0 Å². The molecule has 0 fully saturated rings. The van der Waals surface area contributed by atoms with Gasteiger partial charge in [0.25, 0.3) is 35.4 Å². The molecule has 0 N–H and O–H groups in total. The van der Waals surface area contributed by atoms with Gasteiger partial charge in [-0.05, 0) is 157 Å². The number of hydrogen-bond donors (Lipinski definition) is 0. The van der Waals surface area contributed by atoms with Crippen molar-refractivity contribution >= 4 is 35.4 Å². The smallest absolute Gasteiger partial charge is 0.261 e. The molecule has 3 aromatic heterocycles. The molecule has 3 aliphatic heterocycles. The third kappa shape index (κ3) is 4.62. The number of hydrogen-bond acceptors (Lipinski definition) is 9. The maximum atomic E-state index is 14.1. The van der Waals surface area contributed by atoms with Crippen LogP contribution in [0.2, 0.25) is 0 Å². The summed E-state index contributed by atoms with van der Waals surface area (Å²) in [5.41, 5.74) is 19.4. The highest BCUT2D eigenvalue weighted by Crippen LogP contribution is 2.72. The molecule has 6 bridgehead atoms. The molecule has 7 aromatic rings. The third-order valence-electron chi connectivity index (χ3n) is 17.2. The van der Waals surface area contributed by atoms with Crippen molar-refractivity contribution in [2.45, 2.75) is 74.4 Å². The second kappa shape index (κ2) is 12.8. The largest absolute Gasteiger partial charge is 0.270 e. The van der Waals surface area contributed by atoms with Crippen LogP contribution >= 0.6 is 0 Å². The van der Waals surface area contributed by atoms with Gasteiger partial charge < -0.3 is 0 Å². The SMILES string of the molecule is O=C1c2cc3c(cc2C(=O)N1Cc1cccnc1)C1CC3c2c3c(c4c(c21)C1CC4c2cc4c(cc21)C(=O)N(Cc1cccnc1)C4=O)C1CC3c2cc3c(cc21)C(=O)N(Cc1cccnc1)C3=O. The van der Waals surface area contributed by atoms with E-state index in [1.165, 1.54) is 48.1 Å². The van der Waals surface area contributed by atoms with Crippen LogP contribution in [-0.2, 0) is 19.6 Å². The van der Waals surface area contributed by atoms with E-state index in [9.17, 15) is 28.8 Å². The van der Waals surface area contributed by atoms with Crippen molar-refractivity contribution in [2.75, 3.05) is 0 Å². The van der Waals surface area contributed by atoms with Gasteiger partial charge in [-0.3, -0.25) is 58.4 Å². The van der Waals surface area contributed by atoms with Gasteiger partial charge in [-0.1, -0.05) is 18.2 Å². The normalized spacial score (nSPS) is 23.7. The lowest BCUT2D eigenvalue weighted by atomic mass is 9.68. The fourth-order valence-electron chi connectivity index (χ4n) is 14.6. The van der Waals surface area contributed by atoms with E-state index >= 15 is 0 Å². The molecular formula is C57H36N6O6. The molecule has 6 unspecified atom stereocenters. The van der Waals surface area contributed by atoms with Crippen LogP contribution in [0.1, 0.15) is 200 Å². The van der Waals surface area contributed by atoms with Gasteiger partial charge in [0.2, 0.25) is 0 Å². The minimum Gasteiger partial charge on any atom is -0.270 e. The summed E-state index contributed by atoms with van der Waals surface area (Å²) in [5, 5.41) is 0. The summed E-state index contributed by atoms with van der Waals surface area (Å²) >= 11 is 0. The van der Waals surface area contributed by atoms with E-state index in [1.807, 2.05) is 54.6 Å². The van der Waals surface area contributed by atoms with Gasteiger partial charge >= 0.3 is 0 Å². The summed E-state index contributed by atoms with van der Waals surface area (Å²) in [6.45, 7) is 0.422. The van der Waals surface area contributed by atoms with Crippen LogP contribution in [0.4, 0.5) is 0 Å². The van der Waals surface area contributed by atoms with Crippen molar-refractivity contribution in [2.24, 2.45) is 0 Å². The lowest BCUT2D eigenvalue weighted by Crippen LogP contribution is -2.29. The molecule has 0 radical (unpaired) electrons. The Morgan fingerprint density at radius 3 is 0.754 bits per heavy atom. The number of rotatable bonds is 6. The highest BCUT2D eigenvalue weighted by molar-refractivity contribution is 6.23. The first kappa shape index (κ1) is 37.8. The van der Waals surface area contributed by atoms with Crippen molar-refractivity contribution < 1.29 is 28.8 Å². The summed E-state index contributed by atoms with van der Waals surface area (Å²) in [7, 11) is 0. The van der Waals surface area contributed by atoms with Crippen molar-refractivity contribution in [1.29, 1.82) is 0 Å². The summed E-state index contributed by atoms with van der Waals surface area (Å²) < 4.78 is 0. The highest BCUT2D eigenvalue weighted by Gasteiger charge is 2.58. The monoisotopic (exact) mass is 900 g/mol. The molecule has 12 heteroatoms. The summed E-state index contributed by atoms with van der Waals surface area (Å²) in [4.78, 5) is 101. The molecule has 6 atom stereocenters. The van der Waals surface area contributed by atoms with Gasteiger partial charge in [0.1, 0.15) is 0 Å². The zero-order valence-corrected chi connectivity index (χ0v) is 36.7. The first-order valence-corrected chi connectivity index (χ1v) is 23.7. The van der Waals surface area contributed by atoms with Gasteiger partial charge in [0.15, 0.2) is 0 Å². The highest BCUT2D eigenvalue weighted by atomic mass is 16.2. The Hall–Kier alpha value is -8.25. The Morgan fingerprint density at radius 1 is 0.348 bits per heavy atom. The Morgan fingerprint density at radius 2 is 0.565 bits per heavy atom. The predicted molar refractivity (Wildman–Crippen MR) is 246 cm³/mol. The lowest BCUT2D eigenvalue weighted by Gasteiger charge is -2.35. The molecule has 6 heterocycles. The first-order valence-electron chi connectivity index (χ1n) is 23.7. The Labute approximate surface area is 393 Å². The molecule has 4 aromatic carbocycles. The molecule has 0 saturated heterocycles. The van der Waals surface area contributed by atoms with Crippen LogP contribution in [0.15, 0.2) is 110 Å². The Kier molecular flexibility index (Phi) is 7.03. The quantitative estimate of drug-likeness (QED) is 0.151. The van der Waals surface area contributed by atoms with Crippen molar-refractivity contribution in [3.05, 3.63) is 227 Å². The number of fused-ring (bicyclic) bond motifs is 30. The molecule has 0 saturated carbocycles. The zero-order valence-electron chi connectivity index (χ0n) is 36.7. The van der Waals surface area contributed by atoms with Crippen molar-refractivity contribution in [3.63, 3.8) is 0 Å². The number of nitrogens with zero attached hydrogens (tertiary/aromatic N) is 6. The van der Waals surface area contributed by atoms with Crippen molar-refractivity contribution in [1.82, 2.24) is 29.7 Å². The molecule has 12 nitrogen and oxygen atoms in total. The number of amides is 6. The topological polar surface area (TPSA) is 151 Å². The Balaban J connectivity index is 0.850. The minimum absolute atomic E-state index is 0.00566. The molecule has 69 heavy (non-hydrogen) atoms. The zero-order chi connectivity index (χ0) is 45.9. The van der Waals surface area contributed by atoms with Gasteiger partial charge in [-0.2, -0.15) is 0 Å². The molecule has 0 spiro atoms. The van der Waals surface area contributed by atoms with E-state index in [4.69, 9.17) is 0 Å². The second-order valence-electron chi connectivity index (χ2n) is 20.3. The van der Waals surface area contributed by atoms with Crippen LogP contribution in [0.3, 0.4) is 0 Å². The molecule has 16 rings (SSSR count). The number of benzene rings is 4. The van der Waals surface area contributed by atoms with E-state index in [0.717, 1.165) is 69.3 Å². The molecule has 6 aliphatic carbocycles. The number of imide groups is 3. The maximum absolute atomic E-state index is 14.1. The third-order valence-corrected chi connectivity index (χ3v) is 17.2. The van der Waals surface area contributed by atoms with Crippen LogP contribution < -0.4 is 0 Å². The lowest BCUT2D eigenvalue weighted by molar-refractivity contribution is 0.0627. The maximum Gasteiger partial charge on any atom is 0.261 e. The van der Waals surface area contributed by atoms with E-state index in [1.54, 1.807) is 55.4 Å². The fourth-order valence-corrected chi connectivity index (χ4v) is 14.6. The molecule has 6 amide bonds. The van der Waals surface area contributed by atoms with E-state index < -0.39 is 0 Å². The van der Waals surface area contributed by atoms with Crippen LogP contribution in [-0.4, -0.2) is 65.1 Å². The number of aromatic nitrogens is 3. The van der Waals surface area contributed by atoms with Gasteiger partial charge in [-0.15, -0.1) is 0 Å². The van der Waals surface area contributed by atoms with Crippen LogP contribution in [0.5, 0.6) is 0 Å². The standard InChI is InChI=1S/C57H36N6O6/c64-52-40-10-28-29(11-41(40)53(65)61(52)22-25-4-1-7-58-19-25)35-16-34(28)46-47(35)49-37-18-39(33-15-45-43(13-31(33)37)55(67)63(57(45)69)24-27-6-3-9-60-21-27)51(49)50-38-17-36(48(46)50)30-12-42-44(14-32(30)38)56(68)62(54(42)66)23-26-5-2-8-59-20-26/h1-15,19-21,34-39H,16-18,22-24H2. The van der Waals surface area contributed by atoms with Crippen LogP contribution in [0.25, 0.3) is 0 Å². The van der Waals surface area contributed by atoms with E-state index in [2.05, 4.69) is 15.0 Å². The number of carbonyl (C=O) groups is 6. The number of carbonyl (C=O) groups excluding carboxylic acids is 6. The number of pyridine rings is 3. The fraction of sp³-hybridized carbons (Fsp3) is 0.211. The molecule has 9 aliphatic rings. The summed E-state index contributed by atoms with van der Waals surface area (Å²) in [5.74, 6) is -1.81.